The molecule has 1 unspecified atom stereocenters. The molecule has 0 amide bonds. The van der Waals surface area contributed by atoms with Gasteiger partial charge in [0.15, 0.2) is 0 Å². The van der Waals surface area contributed by atoms with Crippen LogP contribution in [0.5, 0.6) is 0 Å². The zero-order valence-electron chi connectivity index (χ0n) is 21.7. The van der Waals surface area contributed by atoms with E-state index >= 15 is 0 Å². The molecular weight excluding hydrogens is 378 g/mol. The summed E-state index contributed by atoms with van der Waals surface area (Å²) in [5.74, 6) is 0. The minimum Gasteiger partial charge on any atom is -0.377 e. The Labute approximate surface area is 184 Å². The van der Waals surface area contributed by atoms with Crippen molar-refractivity contribution in [2.75, 3.05) is 26.8 Å². The van der Waals surface area contributed by atoms with Crippen LogP contribution in [0.1, 0.15) is 108 Å². The molecule has 0 spiro atoms. The van der Waals surface area contributed by atoms with E-state index in [-0.39, 0.29) is 16.6 Å². The first-order valence-corrected chi connectivity index (χ1v) is 13.9. The molecule has 1 atom stereocenters. The molecule has 0 saturated heterocycles. The zero-order chi connectivity index (χ0) is 22.8. The van der Waals surface area contributed by atoms with Crippen molar-refractivity contribution in [3.05, 3.63) is 0 Å². The van der Waals surface area contributed by atoms with Crippen LogP contribution in [0, 0.1) is 5.41 Å². The predicted molar refractivity (Wildman–Crippen MR) is 129 cm³/mol. The van der Waals surface area contributed by atoms with Gasteiger partial charge in [-0.1, -0.05) is 54.9 Å². The standard InChI is InChI=1S/C24H53NO3Si/c1-12-16-18-25(23(8,9)10)19-17-21-29(26-11,27-20-13-2)28-24(14-3,15-4)22(5,6)7/h12-21H2,1-11H3. The molecule has 0 saturated carbocycles. The Balaban J connectivity index is 5.49. The van der Waals surface area contributed by atoms with Gasteiger partial charge in [0.25, 0.3) is 0 Å². The van der Waals surface area contributed by atoms with Crippen molar-refractivity contribution in [1.29, 1.82) is 0 Å². The lowest BCUT2D eigenvalue weighted by atomic mass is 9.73. The Morgan fingerprint density at radius 3 is 1.72 bits per heavy atom. The second-order valence-corrected chi connectivity index (χ2v) is 13.2. The summed E-state index contributed by atoms with van der Waals surface area (Å²) in [7, 11) is -0.971. The van der Waals surface area contributed by atoms with E-state index in [4.69, 9.17) is 13.3 Å². The molecule has 0 N–H and O–H groups in total. The fourth-order valence-corrected chi connectivity index (χ4v) is 7.14. The third-order valence-corrected chi connectivity index (χ3v) is 9.27. The van der Waals surface area contributed by atoms with E-state index in [0.717, 1.165) is 44.8 Å². The summed E-state index contributed by atoms with van der Waals surface area (Å²) in [6.45, 7) is 25.6. The normalized spacial score (nSPS) is 15.7. The van der Waals surface area contributed by atoms with Gasteiger partial charge in [0.2, 0.25) is 0 Å². The molecular formula is C24H53NO3Si. The average molecular weight is 432 g/mol. The van der Waals surface area contributed by atoms with Gasteiger partial charge < -0.3 is 13.3 Å². The molecule has 0 radical (unpaired) electrons. The van der Waals surface area contributed by atoms with Gasteiger partial charge in [0.05, 0.1) is 5.60 Å². The second-order valence-electron chi connectivity index (χ2n) is 10.4. The number of hydrogen-bond acceptors (Lipinski definition) is 4. The van der Waals surface area contributed by atoms with Crippen LogP contribution in [-0.2, 0) is 13.3 Å². The molecule has 0 rings (SSSR count). The van der Waals surface area contributed by atoms with Crippen molar-refractivity contribution >= 4 is 8.80 Å². The quantitative estimate of drug-likeness (QED) is 0.264. The minimum absolute atomic E-state index is 0.0292. The van der Waals surface area contributed by atoms with E-state index in [0.29, 0.717) is 6.61 Å². The fraction of sp³-hybridized carbons (Fsp3) is 1.00. The summed E-state index contributed by atoms with van der Waals surface area (Å²) in [6.07, 6.45) is 6.42. The summed E-state index contributed by atoms with van der Waals surface area (Å²) < 4.78 is 19.5. The Hall–Kier alpha value is 0.0569. The highest BCUT2D eigenvalue weighted by Gasteiger charge is 2.51. The van der Waals surface area contributed by atoms with Gasteiger partial charge in [-0.05, 0) is 71.4 Å². The van der Waals surface area contributed by atoms with E-state index in [1.807, 2.05) is 0 Å². The van der Waals surface area contributed by atoms with E-state index in [9.17, 15) is 0 Å². The van der Waals surface area contributed by atoms with Crippen LogP contribution >= 0.6 is 0 Å². The SMILES string of the molecule is CCCCN(CCC[Si](OC)(OCCC)OC(CC)(CC)C(C)(C)C)C(C)(C)C. The largest absolute Gasteiger partial charge is 0.501 e. The van der Waals surface area contributed by atoms with Gasteiger partial charge in [-0.3, -0.25) is 4.90 Å². The molecule has 5 heteroatoms. The molecule has 0 bridgehead atoms. The highest BCUT2D eigenvalue weighted by molar-refractivity contribution is 6.60. The van der Waals surface area contributed by atoms with Crippen molar-refractivity contribution in [3.8, 4) is 0 Å². The van der Waals surface area contributed by atoms with E-state index in [2.05, 4.69) is 74.1 Å². The molecule has 29 heavy (non-hydrogen) atoms. The monoisotopic (exact) mass is 431 g/mol. The van der Waals surface area contributed by atoms with E-state index < -0.39 is 8.80 Å². The number of hydrogen-bond donors (Lipinski definition) is 0. The molecule has 176 valence electrons. The van der Waals surface area contributed by atoms with E-state index in [1.165, 1.54) is 12.8 Å². The first kappa shape index (κ1) is 29.1. The number of rotatable bonds is 15. The van der Waals surface area contributed by atoms with Gasteiger partial charge in [0.1, 0.15) is 0 Å². The lowest BCUT2D eigenvalue weighted by molar-refractivity contribution is -0.0945. The average Bonchev–Trinajstić information content (AvgIpc) is 2.64. The van der Waals surface area contributed by atoms with Gasteiger partial charge in [-0.15, -0.1) is 0 Å². The van der Waals surface area contributed by atoms with Crippen LogP contribution in [0.3, 0.4) is 0 Å². The summed E-state index contributed by atoms with van der Waals surface area (Å²) in [6, 6.07) is 0.875. The van der Waals surface area contributed by atoms with Gasteiger partial charge >= 0.3 is 8.80 Å². The maximum Gasteiger partial charge on any atom is 0.501 e. The first-order chi connectivity index (χ1) is 13.4. The van der Waals surface area contributed by atoms with Crippen molar-refractivity contribution in [2.45, 2.75) is 125 Å². The van der Waals surface area contributed by atoms with Crippen LogP contribution in [0.25, 0.3) is 0 Å². The lowest BCUT2D eigenvalue weighted by Crippen LogP contribution is -2.57. The van der Waals surface area contributed by atoms with Gasteiger partial charge in [-0.25, -0.2) is 0 Å². The predicted octanol–water partition coefficient (Wildman–Crippen LogP) is 6.91. The number of nitrogens with zero attached hydrogens (tertiary/aromatic N) is 1. The Morgan fingerprint density at radius 1 is 0.793 bits per heavy atom. The van der Waals surface area contributed by atoms with Crippen LogP contribution in [0.2, 0.25) is 6.04 Å². The van der Waals surface area contributed by atoms with Crippen LogP contribution in [-0.4, -0.2) is 51.7 Å². The van der Waals surface area contributed by atoms with Crippen molar-refractivity contribution in [2.24, 2.45) is 5.41 Å². The molecule has 0 aromatic carbocycles. The third-order valence-electron chi connectivity index (χ3n) is 6.34. The summed E-state index contributed by atoms with van der Waals surface area (Å²) in [4.78, 5) is 2.60. The van der Waals surface area contributed by atoms with Gasteiger partial charge in [0, 0.05) is 25.3 Å². The fourth-order valence-electron chi connectivity index (χ4n) is 4.14. The topological polar surface area (TPSA) is 30.9 Å². The molecule has 4 nitrogen and oxygen atoms in total. The summed E-state index contributed by atoms with van der Waals surface area (Å²) in [5, 5.41) is 0. The zero-order valence-corrected chi connectivity index (χ0v) is 22.7. The van der Waals surface area contributed by atoms with Crippen molar-refractivity contribution in [3.63, 3.8) is 0 Å². The highest BCUT2D eigenvalue weighted by Crippen LogP contribution is 2.42. The maximum atomic E-state index is 6.96. The van der Waals surface area contributed by atoms with Crippen molar-refractivity contribution in [1.82, 2.24) is 4.90 Å². The first-order valence-electron chi connectivity index (χ1n) is 12.0. The molecule has 0 aliphatic heterocycles. The van der Waals surface area contributed by atoms with Crippen LogP contribution < -0.4 is 0 Å². The molecule has 0 aliphatic carbocycles. The number of unbranched alkanes of at least 4 members (excludes halogenated alkanes) is 1. The highest BCUT2D eigenvalue weighted by atomic mass is 28.4. The van der Waals surface area contributed by atoms with Crippen LogP contribution in [0.4, 0.5) is 0 Å². The molecule has 0 heterocycles. The Bertz CT molecular complexity index is 427. The Kier molecular flexibility index (Phi) is 12.8. The lowest BCUT2D eigenvalue weighted by Gasteiger charge is -2.48. The molecule has 0 aromatic heterocycles. The van der Waals surface area contributed by atoms with E-state index in [1.54, 1.807) is 7.11 Å². The Morgan fingerprint density at radius 2 is 1.34 bits per heavy atom. The maximum absolute atomic E-state index is 6.96. The third kappa shape index (κ3) is 8.98. The second kappa shape index (κ2) is 12.8. The molecule has 0 fully saturated rings. The minimum atomic E-state index is -2.76. The van der Waals surface area contributed by atoms with Crippen molar-refractivity contribution < 1.29 is 13.3 Å². The van der Waals surface area contributed by atoms with Gasteiger partial charge in [-0.2, -0.15) is 0 Å². The summed E-state index contributed by atoms with van der Waals surface area (Å²) in [5.41, 5.74) is -0.0179. The molecule has 0 aliphatic rings. The van der Waals surface area contributed by atoms with Crippen LogP contribution in [0.15, 0.2) is 0 Å². The molecule has 0 aromatic rings. The smallest absolute Gasteiger partial charge is 0.377 e. The summed E-state index contributed by atoms with van der Waals surface area (Å²) >= 11 is 0.